The minimum absolute atomic E-state index is 0. The van der Waals surface area contributed by atoms with E-state index in [2.05, 4.69) is 59.2 Å². The summed E-state index contributed by atoms with van der Waals surface area (Å²) < 4.78 is 32.9. The predicted molar refractivity (Wildman–Crippen MR) is 492 cm³/mol. The van der Waals surface area contributed by atoms with Crippen molar-refractivity contribution in [3.8, 4) is 0 Å². The summed E-state index contributed by atoms with van der Waals surface area (Å²) in [6, 6.07) is 36.7. The highest BCUT2D eigenvalue weighted by Gasteiger charge is 2.51. The molecule has 13 N–H and O–H groups in total. The number of carbonyl (C=O) groups is 7. The zero-order chi connectivity index (χ0) is 93.1. The minimum atomic E-state index is -1.55. The molecule has 712 valence electrons. The lowest BCUT2D eigenvalue weighted by molar-refractivity contribution is -0.211. The molecule has 5 aliphatic heterocycles. The second kappa shape index (κ2) is 55.6. The van der Waals surface area contributed by atoms with Crippen LogP contribution in [0.4, 0.5) is 14.4 Å². The van der Waals surface area contributed by atoms with Crippen molar-refractivity contribution in [1.29, 1.82) is 0 Å². The van der Waals surface area contributed by atoms with E-state index >= 15 is 0 Å². The molecule has 5 saturated heterocycles. The number of ether oxygens (including phenoxy) is 6. The number of alkyl halides is 2. The fourth-order valence-corrected chi connectivity index (χ4v) is 17.8. The molecular weight excluding hydrogens is 1700 g/mol. The monoisotopic (exact) mass is 1850 g/mol. The molecule has 5 amide bonds. The van der Waals surface area contributed by atoms with Gasteiger partial charge in [-0.1, -0.05) is 148 Å². The Labute approximate surface area is 765 Å². The van der Waals surface area contributed by atoms with Crippen molar-refractivity contribution in [3.63, 3.8) is 0 Å². The van der Waals surface area contributed by atoms with Gasteiger partial charge in [-0.3, -0.25) is 24.3 Å². The van der Waals surface area contributed by atoms with Crippen LogP contribution in [0.15, 0.2) is 121 Å². The van der Waals surface area contributed by atoms with Gasteiger partial charge in [-0.2, -0.15) is 0 Å². The Morgan fingerprint density at radius 2 is 0.746 bits per heavy atom. The lowest BCUT2D eigenvalue weighted by Gasteiger charge is -2.45. The molecule has 5 heterocycles. The van der Waals surface area contributed by atoms with Crippen LogP contribution in [0, 0.1) is 29.6 Å². The van der Waals surface area contributed by atoms with Crippen LogP contribution in [-0.4, -0.2) is 272 Å². The standard InChI is InChI=1S/C28H44N2O8S.C24H37NO6S.C20H29NO4.C19H27NO4.C2H6.CH2Cl2.H2O/c1-16(31)20(24-22(33)21(32)23(34)26(37-24)39-5)29-25(35)19-15-18(12-11-17-9-7-6-8-10-17)13-14-30(19)27(36)38-28(2,3)4;1-14(26)18(22-20(28)19(27)21(29)24(31-22)32-2)25-23(30)17-10-6-9-16(13-17)12-11-15-7-4-3-5-8-15;1-20(2,3)25-19(23)21-13-12-16(14-17(21)18(22)24-4)11-10-15-8-6-5-7-9-15;1-19(2,3)24-18(23)20-12-11-15(13-16(20)17(21)22)10-9-14-7-5-4-6-8-14;1-2;2-1-3;/h6-10,16,18-24,26,31-34H,11-15H2,1-5H3,(H,29,35);3-5,7-8,14,16-22,24,26-29H,6,9-13H2,1-2H3,(H,25,30);5-9,16-17H,10-14H2,1-4H3;4-8,15-16H,9-13H2,1-3H3,(H,21,22);1-2H3;1H2;1H2/t16-,18?,19?,20+,21-,22+,23+,24+,26+;14-,16?,17?,18+,19-,20+,21+,22+,24+;;;;;/m00...../s1. The van der Waals surface area contributed by atoms with Gasteiger partial charge < -0.3 is 90.5 Å². The topological polar surface area (TPSA) is 422 Å². The molecule has 32 heteroatoms. The molecule has 0 radical (unpaired) electrons. The first-order valence-electron chi connectivity index (χ1n) is 44.1. The maximum atomic E-state index is 13.7. The van der Waals surface area contributed by atoms with Crippen molar-refractivity contribution < 1.29 is 113 Å². The van der Waals surface area contributed by atoms with E-state index in [0.717, 1.165) is 108 Å². The molecule has 6 fully saturated rings. The number of hydrogen-bond donors (Lipinski definition) is 11. The molecule has 6 aliphatic rings. The van der Waals surface area contributed by atoms with Gasteiger partial charge in [0.2, 0.25) is 11.8 Å². The minimum Gasteiger partial charge on any atom is -0.480 e. The van der Waals surface area contributed by atoms with E-state index in [9.17, 15) is 79.5 Å². The van der Waals surface area contributed by atoms with Crippen LogP contribution in [0.2, 0.25) is 0 Å². The maximum absolute atomic E-state index is 13.7. The van der Waals surface area contributed by atoms with Crippen LogP contribution < -0.4 is 10.6 Å². The van der Waals surface area contributed by atoms with Gasteiger partial charge in [0.05, 0.1) is 36.7 Å². The smallest absolute Gasteiger partial charge is 0.411 e. The number of aliphatic carboxylic acids is 1. The largest absolute Gasteiger partial charge is 0.480 e. The summed E-state index contributed by atoms with van der Waals surface area (Å²) in [5.74, 6) is -0.782. The number of nitrogens with one attached hydrogen (secondary N) is 2. The first-order chi connectivity index (χ1) is 59.1. The zero-order valence-corrected chi connectivity index (χ0v) is 79.7. The van der Waals surface area contributed by atoms with Crippen molar-refractivity contribution >= 4 is 88.8 Å². The normalized spacial score (nSPS) is 27.0. The van der Waals surface area contributed by atoms with Crippen molar-refractivity contribution in [2.24, 2.45) is 29.6 Å². The Hall–Kier alpha value is -6.59. The third-order valence-corrected chi connectivity index (χ3v) is 24.7. The highest BCUT2D eigenvalue weighted by atomic mass is 35.5. The molecule has 8 unspecified atom stereocenters. The number of benzene rings is 4. The Balaban J connectivity index is 0.000000351. The lowest BCUT2D eigenvalue weighted by Crippen LogP contribution is -2.66. The number of carboxylic acid groups (broad SMARTS) is 1. The third kappa shape index (κ3) is 37.0. The number of hydrogen-bond acceptors (Lipinski definition) is 23. The van der Waals surface area contributed by atoms with E-state index in [-0.39, 0.29) is 34.5 Å². The van der Waals surface area contributed by atoms with Crippen molar-refractivity contribution in [3.05, 3.63) is 144 Å². The Morgan fingerprint density at radius 3 is 1.05 bits per heavy atom. The van der Waals surface area contributed by atoms with E-state index in [4.69, 9.17) is 51.6 Å². The molecule has 126 heavy (non-hydrogen) atoms. The van der Waals surface area contributed by atoms with E-state index in [1.54, 1.807) is 54.1 Å². The second-order valence-electron chi connectivity index (χ2n) is 35.9. The van der Waals surface area contributed by atoms with E-state index in [0.29, 0.717) is 56.7 Å². The number of aliphatic hydroxyl groups excluding tert-OH is 8. The Kier molecular flexibility index (Phi) is 49.3. The molecule has 1 saturated carbocycles. The zero-order valence-electron chi connectivity index (χ0n) is 76.6. The Bertz CT molecular complexity index is 3800. The van der Waals surface area contributed by atoms with Gasteiger partial charge in [-0.25, -0.2) is 24.0 Å². The summed E-state index contributed by atoms with van der Waals surface area (Å²) in [7, 11) is 1.36. The van der Waals surface area contributed by atoms with Gasteiger partial charge in [-0.05, 0) is 237 Å². The van der Waals surface area contributed by atoms with Crippen LogP contribution >= 0.6 is 46.7 Å². The molecule has 22 atom stereocenters. The Morgan fingerprint density at radius 1 is 0.452 bits per heavy atom. The number of amides is 5. The number of carbonyl (C=O) groups excluding carboxylic acids is 6. The number of thioether (sulfide) groups is 2. The number of likely N-dealkylation sites (tertiary alicyclic amines) is 3. The van der Waals surface area contributed by atoms with Crippen LogP contribution in [0.5, 0.6) is 0 Å². The number of esters is 1. The summed E-state index contributed by atoms with van der Waals surface area (Å²) in [4.78, 5) is 92.7. The van der Waals surface area contributed by atoms with Gasteiger partial charge in [0.25, 0.3) is 0 Å². The predicted octanol–water partition coefficient (Wildman–Crippen LogP) is 12.3. The van der Waals surface area contributed by atoms with Crippen LogP contribution in [0.3, 0.4) is 0 Å². The molecule has 4 aromatic rings. The molecule has 10 rings (SSSR count). The molecule has 4 aromatic carbocycles. The number of halogens is 2. The number of aryl methyl sites for hydroxylation is 4. The van der Waals surface area contributed by atoms with Gasteiger partial charge >= 0.3 is 30.2 Å². The van der Waals surface area contributed by atoms with Crippen LogP contribution in [0.1, 0.15) is 202 Å². The summed E-state index contributed by atoms with van der Waals surface area (Å²) in [5, 5.41) is 98.3. The molecule has 0 spiro atoms. The number of piperidine rings is 3. The first-order valence-corrected chi connectivity index (χ1v) is 47.7. The first kappa shape index (κ1) is 112. The average molecular weight is 1850 g/mol. The van der Waals surface area contributed by atoms with Gasteiger partial charge in [0.1, 0.15) is 94.6 Å². The molecule has 0 bridgehead atoms. The highest BCUT2D eigenvalue weighted by molar-refractivity contribution is 7.99. The second-order valence-corrected chi connectivity index (χ2v) is 38.6. The number of rotatable bonds is 24. The molecular formula is C94H147Cl2N5O23S2. The van der Waals surface area contributed by atoms with Crippen molar-refractivity contribution in [2.75, 3.05) is 44.6 Å². The number of methoxy groups -OCH3 is 1. The SMILES string of the molecule is CC.CC(C)(C)OC(=O)N1CCC(CCc2ccccc2)CC1C(=O)O.COC(=O)C1CC(CCc2ccccc2)CCN1C(=O)OC(C)(C)C.CS[C@H]1O[C@H]([C@H](NC(=O)C2CC(CCc3ccccc3)CCN2C(=O)OC(C)(C)C)[C@H](C)O)[C@H](O)[C@H](O)[C@H]1O.CS[C@H]1O[C@H]([C@H](NC(=O)C2CCCC(CCc3ccccc3)C2)[C@H](C)O)[C@H](O)[C@H](O)[C@H]1O.ClCCl.O. The summed E-state index contributed by atoms with van der Waals surface area (Å²) >= 11 is 11.9. The van der Waals surface area contributed by atoms with Gasteiger partial charge in [-0.15, -0.1) is 46.7 Å². The van der Waals surface area contributed by atoms with Gasteiger partial charge in [0, 0.05) is 25.6 Å². The summed E-state index contributed by atoms with van der Waals surface area (Å²) in [6.07, 6.45) is 4.21. The number of aliphatic hydroxyl groups is 8. The molecule has 28 nitrogen and oxygen atoms in total. The summed E-state index contributed by atoms with van der Waals surface area (Å²) in [6.45, 7) is 24.4. The number of carboxylic acids is 1. The van der Waals surface area contributed by atoms with Crippen molar-refractivity contribution in [1.82, 2.24) is 25.3 Å². The lowest BCUT2D eigenvalue weighted by atomic mass is 9.78. The van der Waals surface area contributed by atoms with E-state index in [1.165, 1.54) is 69.7 Å². The van der Waals surface area contributed by atoms with E-state index < -0.39 is 149 Å². The molecule has 0 aromatic heterocycles. The maximum Gasteiger partial charge on any atom is 0.411 e. The summed E-state index contributed by atoms with van der Waals surface area (Å²) in [5.41, 5.74) is 1.51. The fraction of sp³-hybridized carbons (Fsp3) is 0.670. The molecule has 1 aliphatic carbocycles. The van der Waals surface area contributed by atoms with Crippen LogP contribution in [-0.2, 0) is 73.3 Å². The highest BCUT2D eigenvalue weighted by Crippen LogP contribution is 2.38. The third-order valence-electron chi connectivity index (χ3n) is 23.0. The van der Waals surface area contributed by atoms with Gasteiger partial charge in [0.15, 0.2) is 0 Å². The van der Waals surface area contributed by atoms with E-state index in [1.807, 2.05) is 107 Å². The average Bonchev–Trinajstić information content (AvgIpc) is 0.791. The quantitative estimate of drug-likeness (QED) is 0.0176. The number of nitrogens with zero attached hydrogens (tertiary/aromatic N) is 3. The van der Waals surface area contributed by atoms with Crippen LogP contribution in [0.25, 0.3) is 0 Å². The fourth-order valence-electron chi connectivity index (χ4n) is 16.4. The van der Waals surface area contributed by atoms with Crippen molar-refractivity contribution in [2.45, 2.75) is 325 Å².